The molecule has 1 aromatic heterocycles. The van der Waals surface area contributed by atoms with Gasteiger partial charge in [0.15, 0.2) is 0 Å². The number of hydrogen-bond acceptors (Lipinski definition) is 1. The molecule has 226 valence electrons. The van der Waals surface area contributed by atoms with Crippen LogP contribution in [-0.4, -0.2) is 26.9 Å². The van der Waals surface area contributed by atoms with E-state index >= 15 is 0 Å². The van der Waals surface area contributed by atoms with Crippen LogP contribution >= 0.6 is 0 Å². The first-order valence-electron chi connectivity index (χ1n) is 16.2. The van der Waals surface area contributed by atoms with Gasteiger partial charge in [-0.25, -0.2) is 4.98 Å². The third kappa shape index (κ3) is 7.64. The van der Waals surface area contributed by atoms with Crippen molar-refractivity contribution in [1.82, 2.24) is 9.55 Å². The Morgan fingerprint density at radius 2 is 1.02 bits per heavy atom. The molecule has 0 bridgehead atoms. The first-order valence-corrected chi connectivity index (χ1v) is 17.6. The van der Waals surface area contributed by atoms with Crippen molar-refractivity contribution in [2.45, 2.75) is 50.5 Å². The highest BCUT2D eigenvalue weighted by molar-refractivity contribution is 6.57. The van der Waals surface area contributed by atoms with Gasteiger partial charge >= 0.3 is 0 Å². The molecule has 6 aromatic rings. The molecule has 5 aromatic carbocycles. The van der Waals surface area contributed by atoms with Crippen LogP contribution in [-0.2, 0) is 5.16 Å². The zero-order valence-electron chi connectivity index (χ0n) is 27.3. The van der Waals surface area contributed by atoms with Crippen molar-refractivity contribution < 1.29 is 0 Å². The molecule has 6 rings (SSSR count). The summed E-state index contributed by atoms with van der Waals surface area (Å²) in [6.07, 6.45) is 6.05. The van der Waals surface area contributed by atoms with Crippen LogP contribution in [0.2, 0.25) is 0 Å². The Balaban J connectivity index is 0.000000238. The molecule has 45 heavy (non-hydrogen) atoms. The van der Waals surface area contributed by atoms with Gasteiger partial charge in [-0.05, 0) is 51.0 Å². The van der Waals surface area contributed by atoms with Crippen molar-refractivity contribution in [3.63, 3.8) is 0 Å². The minimum absolute atomic E-state index is 0.242. The maximum atomic E-state index is 4.48. The van der Waals surface area contributed by atoms with E-state index in [9.17, 15) is 0 Å². The summed E-state index contributed by atoms with van der Waals surface area (Å²) < 4.78 is 2.35. The maximum Gasteiger partial charge on any atom is 0.116 e. The van der Waals surface area contributed by atoms with Gasteiger partial charge in [-0.2, -0.15) is 0 Å². The smallest absolute Gasteiger partial charge is 0.116 e. The molecule has 0 unspecified atom stereocenters. The summed E-state index contributed by atoms with van der Waals surface area (Å²) in [6, 6.07) is 50.6. The molecule has 0 aliphatic rings. The summed E-state index contributed by atoms with van der Waals surface area (Å²) in [6.45, 7) is 9.08. The highest BCUT2D eigenvalue weighted by atomic mass is 28.2. The summed E-state index contributed by atoms with van der Waals surface area (Å²) >= 11 is 0. The molecule has 0 amide bonds. The van der Waals surface area contributed by atoms with Crippen LogP contribution in [0, 0.1) is 0 Å². The first-order chi connectivity index (χ1) is 21.9. The lowest BCUT2D eigenvalue weighted by atomic mass is 9.76. The van der Waals surface area contributed by atoms with E-state index in [-0.39, 0.29) is 5.16 Å². The van der Waals surface area contributed by atoms with Crippen molar-refractivity contribution in [3.8, 4) is 0 Å². The molecule has 4 heteroatoms. The average molecular weight is 605 g/mol. The first kappa shape index (κ1) is 32.0. The van der Waals surface area contributed by atoms with E-state index in [1.807, 2.05) is 12.5 Å². The van der Waals surface area contributed by atoms with Crippen molar-refractivity contribution in [2.24, 2.45) is 0 Å². The highest BCUT2D eigenvalue weighted by Crippen LogP contribution is 2.36. The molecule has 0 aliphatic carbocycles. The van der Waals surface area contributed by atoms with Crippen LogP contribution in [0.3, 0.4) is 0 Å². The fourth-order valence-electron chi connectivity index (χ4n) is 6.12. The number of rotatable bonds is 9. The fourth-order valence-corrected chi connectivity index (χ4v) is 8.44. The molecule has 0 atom stereocenters. The Labute approximate surface area is 273 Å². The van der Waals surface area contributed by atoms with E-state index in [1.165, 1.54) is 38.6 Å². The predicted octanol–water partition coefficient (Wildman–Crippen LogP) is 7.78. The maximum absolute atomic E-state index is 4.48. The Morgan fingerprint density at radius 3 is 1.44 bits per heavy atom. The van der Waals surface area contributed by atoms with E-state index in [4.69, 9.17) is 0 Å². The second-order valence-electron chi connectivity index (χ2n) is 12.6. The zero-order chi connectivity index (χ0) is 31.6. The van der Waals surface area contributed by atoms with Crippen LogP contribution in [0.1, 0.15) is 78.7 Å². The van der Waals surface area contributed by atoms with Crippen LogP contribution in [0.4, 0.5) is 0 Å². The van der Waals surface area contributed by atoms with Crippen LogP contribution in [0.25, 0.3) is 0 Å². The molecule has 2 nitrogen and oxygen atoms in total. The quantitative estimate of drug-likeness (QED) is 0.154. The average Bonchev–Trinajstić information content (AvgIpc) is 3.64. The minimum Gasteiger partial charge on any atom is -0.326 e. The molecule has 0 saturated carbocycles. The van der Waals surface area contributed by atoms with Gasteiger partial charge in [0, 0.05) is 12.4 Å². The SMILES string of the molecule is BC(c1ccccc1)c1ccccc1.CC(C)c1cccc(C([SiH2]c2ccccc2)(c2cccc(C(C)C)c2)n2ccnc2)c1. The molecular formula is C41H45BN2Si. The van der Waals surface area contributed by atoms with Gasteiger partial charge in [-0.1, -0.05) is 172 Å². The lowest BCUT2D eigenvalue weighted by molar-refractivity contribution is 0.593. The summed E-state index contributed by atoms with van der Waals surface area (Å²) in [7, 11) is 1.41. The Kier molecular flexibility index (Phi) is 10.7. The van der Waals surface area contributed by atoms with Crippen molar-refractivity contribution in [3.05, 3.63) is 192 Å². The van der Waals surface area contributed by atoms with E-state index in [2.05, 4.69) is 191 Å². The molecule has 0 aliphatic heterocycles. The van der Waals surface area contributed by atoms with Gasteiger partial charge in [0.1, 0.15) is 7.85 Å². The van der Waals surface area contributed by atoms with E-state index in [0.717, 1.165) is 0 Å². The molecule has 0 N–H and O–H groups in total. The monoisotopic (exact) mass is 604 g/mol. The van der Waals surface area contributed by atoms with E-state index in [1.54, 1.807) is 0 Å². The molecule has 0 saturated heterocycles. The largest absolute Gasteiger partial charge is 0.326 e. The van der Waals surface area contributed by atoms with Crippen molar-refractivity contribution in [1.29, 1.82) is 0 Å². The van der Waals surface area contributed by atoms with Gasteiger partial charge in [-0.3, -0.25) is 0 Å². The number of aromatic nitrogens is 2. The van der Waals surface area contributed by atoms with Crippen LogP contribution < -0.4 is 5.19 Å². The number of nitrogens with zero attached hydrogens (tertiary/aromatic N) is 2. The second kappa shape index (κ2) is 15.1. The summed E-state index contributed by atoms with van der Waals surface area (Å²) in [5.41, 5.74) is 8.21. The van der Waals surface area contributed by atoms with Crippen molar-refractivity contribution in [2.75, 3.05) is 0 Å². The molecule has 0 spiro atoms. The summed E-state index contributed by atoms with van der Waals surface area (Å²) in [5, 5.41) is 1.20. The summed E-state index contributed by atoms with van der Waals surface area (Å²) in [5.74, 6) is 1.46. The topological polar surface area (TPSA) is 17.8 Å². The van der Waals surface area contributed by atoms with Gasteiger partial charge in [-0.15, -0.1) is 0 Å². The third-order valence-electron chi connectivity index (χ3n) is 8.91. The second-order valence-corrected chi connectivity index (χ2v) is 14.8. The van der Waals surface area contributed by atoms with Gasteiger partial charge < -0.3 is 4.57 Å². The third-order valence-corrected chi connectivity index (χ3v) is 11.5. The predicted molar refractivity (Wildman–Crippen MR) is 197 cm³/mol. The van der Waals surface area contributed by atoms with Gasteiger partial charge in [0.05, 0.1) is 21.0 Å². The van der Waals surface area contributed by atoms with E-state index in [0.29, 0.717) is 17.7 Å². The normalized spacial score (nSPS) is 11.7. The standard InChI is InChI=1S/C28H32N2Si.C13H13B/c1-21(2)23-10-8-12-25(18-23)28(30-17-16-29-20-30,31-27-14-6-5-7-15-27)26-13-9-11-24(19-26)22(3)4;14-13(11-7-3-1-4-8-11)12-9-5-2-6-10-12/h5-22H,31H2,1-4H3;1-10,13H,14H2. The Hall–Kier alpha value is -4.41. The Morgan fingerprint density at radius 1 is 0.578 bits per heavy atom. The summed E-state index contributed by atoms with van der Waals surface area (Å²) in [4.78, 5) is 4.48. The van der Waals surface area contributed by atoms with Gasteiger partial charge in [0.25, 0.3) is 0 Å². The number of imidazole rings is 1. The minimum atomic E-state index is -0.828. The number of hydrogen-bond donors (Lipinski definition) is 0. The molecule has 0 radical (unpaired) electrons. The van der Waals surface area contributed by atoms with Crippen molar-refractivity contribution >= 4 is 22.6 Å². The molecule has 1 heterocycles. The van der Waals surface area contributed by atoms with Crippen LogP contribution in [0.5, 0.6) is 0 Å². The number of benzene rings is 5. The lowest BCUT2D eigenvalue weighted by Gasteiger charge is -2.37. The van der Waals surface area contributed by atoms with E-state index < -0.39 is 9.52 Å². The fraction of sp³-hybridized carbons (Fsp3) is 0.195. The highest BCUT2D eigenvalue weighted by Gasteiger charge is 2.37. The lowest BCUT2D eigenvalue weighted by Crippen LogP contribution is -2.46. The molecular weight excluding hydrogens is 559 g/mol. The molecule has 0 fully saturated rings. The zero-order valence-corrected chi connectivity index (χ0v) is 28.8. The Bertz CT molecular complexity index is 1640. The van der Waals surface area contributed by atoms with Crippen LogP contribution in [0.15, 0.2) is 158 Å². The van der Waals surface area contributed by atoms with Gasteiger partial charge in [0.2, 0.25) is 0 Å².